The number of rotatable bonds is 9. The minimum absolute atomic E-state index is 0.00162. The molecule has 4 saturated carbocycles. The monoisotopic (exact) mass is 906 g/mol. The first kappa shape index (κ1) is 44.7. The number of nitrogens with one attached hydrogen (secondary N) is 3. The number of nitrogens with zero attached hydrogens (tertiary/aromatic N) is 3. The fraction of sp³-hybridized carbons (Fsp3) is 0.681. The quantitative estimate of drug-likeness (QED) is 0.280. The highest BCUT2D eigenvalue weighted by atomic mass is 32.2. The lowest BCUT2D eigenvalue weighted by molar-refractivity contribution is -0.142. The van der Waals surface area contributed by atoms with E-state index >= 15 is 9.18 Å². The van der Waals surface area contributed by atoms with E-state index < -0.39 is 80.5 Å². The third-order valence-corrected chi connectivity index (χ3v) is 17.3. The van der Waals surface area contributed by atoms with Gasteiger partial charge in [-0.1, -0.05) is 50.3 Å². The summed E-state index contributed by atoms with van der Waals surface area (Å²) >= 11 is 0. The molecule has 3 aliphatic heterocycles. The van der Waals surface area contributed by atoms with Crippen LogP contribution in [0.3, 0.4) is 0 Å². The third kappa shape index (κ3) is 9.04. The van der Waals surface area contributed by atoms with E-state index in [1.807, 2.05) is 36.2 Å². The number of piperidine rings is 1. The molecule has 348 valence electrons. The van der Waals surface area contributed by atoms with Crippen LogP contribution in [0.25, 0.3) is 10.9 Å². The highest BCUT2D eigenvalue weighted by Gasteiger charge is 2.63. The average molecular weight is 907 g/mol. The number of amides is 4. The molecule has 9 atom stereocenters. The zero-order valence-corrected chi connectivity index (χ0v) is 37.8. The van der Waals surface area contributed by atoms with Crippen LogP contribution in [0.4, 0.5) is 9.18 Å². The number of pyridine rings is 1. The Morgan fingerprint density at radius 3 is 2.45 bits per heavy atom. The molecule has 15 nitrogen and oxygen atoms in total. The van der Waals surface area contributed by atoms with E-state index in [1.165, 1.54) is 11.0 Å². The van der Waals surface area contributed by atoms with Crippen LogP contribution in [0.5, 0.6) is 11.6 Å². The van der Waals surface area contributed by atoms with Crippen molar-refractivity contribution in [3.63, 3.8) is 0 Å². The summed E-state index contributed by atoms with van der Waals surface area (Å²) in [6.45, 7) is 6.31. The van der Waals surface area contributed by atoms with Gasteiger partial charge in [0.05, 0.1) is 22.4 Å². The van der Waals surface area contributed by atoms with Crippen LogP contribution in [0.2, 0.25) is 0 Å². The van der Waals surface area contributed by atoms with E-state index in [0.29, 0.717) is 61.9 Å². The molecular weight excluding hydrogens is 844 g/mol. The zero-order valence-electron chi connectivity index (χ0n) is 37.0. The van der Waals surface area contributed by atoms with E-state index in [1.54, 1.807) is 6.92 Å². The molecule has 6 fully saturated rings. The molecule has 4 heterocycles. The lowest BCUT2D eigenvalue weighted by Crippen LogP contribution is -2.59. The molecular formula is C47H63FN6O9S. The number of hydrogen-bond acceptors (Lipinski definition) is 11. The number of likely N-dealkylation sites (tertiary alicyclic amines) is 1. The predicted molar refractivity (Wildman–Crippen MR) is 236 cm³/mol. The minimum Gasteiger partial charge on any atom is -0.486 e. The van der Waals surface area contributed by atoms with Gasteiger partial charge in [0.2, 0.25) is 27.7 Å². The van der Waals surface area contributed by atoms with E-state index in [0.717, 1.165) is 56.8 Å². The number of hydrogen-bond donors (Lipinski definition) is 3. The smallest absolute Gasteiger partial charge is 0.408 e. The van der Waals surface area contributed by atoms with Gasteiger partial charge in [-0.15, -0.1) is 6.58 Å². The number of sulfonamides is 1. The highest BCUT2D eigenvalue weighted by molar-refractivity contribution is 7.91. The highest BCUT2D eigenvalue weighted by Crippen LogP contribution is 2.48. The first-order valence-corrected chi connectivity index (χ1v) is 25.0. The summed E-state index contributed by atoms with van der Waals surface area (Å²) in [4.78, 5) is 65.7. The van der Waals surface area contributed by atoms with Gasteiger partial charge in [-0.25, -0.2) is 22.6 Å². The van der Waals surface area contributed by atoms with Gasteiger partial charge in [-0.3, -0.25) is 19.1 Å². The number of para-hydroxylation sites is 1. The summed E-state index contributed by atoms with van der Waals surface area (Å²) in [6, 6.07) is 5.38. The van der Waals surface area contributed by atoms with Crippen molar-refractivity contribution >= 4 is 44.7 Å². The van der Waals surface area contributed by atoms with Crippen molar-refractivity contribution in [2.45, 2.75) is 157 Å². The van der Waals surface area contributed by atoms with E-state index in [2.05, 4.69) is 21.9 Å². The summed E-state index contributed by atoms with van der Waals surface area (Å²) in [6.07, 6.45) is 8.30. The molecule has 4 amide bonds. The third-order valence-electron chi connectivity index (χ3n) is 15.1. The van der Waals surface area contributed by atoms with Crippen LogP contribution < -0.4 is 24.8 Å². The molecule has 2 bridgehead atoms. The molecule has 2 saturated heterocycles. The maximum Gasteiger partial charge on any atom is 0.408 e. The molecule has 0 radical (unpaired) electrons. The van der Waals surface area contributed by atoms with Gasteiger partial charge in [0.1, 0.15) is 47.9 Å². The Bertz CT molecular complexity index is 2270. The molecule has 9 rings (SSSR count). The standard InChI is InChI=1S/C47H63FN6O9S/c1-4-30-25-47(30,44(57)52-64(59,60)46(2)20-21-46)51-41(55)36-24-31-26-54(36)43(56)39(28-13-7-5-8-14-28)50-45(58)63-38-23-29(38)15-9-6-10-17-33-40(62-37-19-22-53(3)27-34(37)48)32-16-11-12-18-35(32)49-42(33)61-31/h4,11-12,16,18,28-31,34,36-39H,1,5-10,13-15,17,19-27H2,2-3H3,(H,50,58)(H,51,55)(H,52,57). The maximum atomic E-state index is 15.7. The van der Waals surface area contributed by atoms with Gasteiger partial charge >= 0.3 is 6.09 Å². The largest absolute Gasteiger partial charge is 0.486 e. The van der Waals surface area contributed by atoms with Crippen molar-refractivity contribution in [1.82, 2.24) is 30.1 Å². The van der Waals surface area contributed by atoms with E-state index in [9.17, 15) is 22.8 Å². The number of ether oxygens (including phenoxy) is 3. The van der Waals surface area contributed by atoms with Crippen molar-refractivity contribution in [1.29, 1.82) is 0 Å². The number of alkyl halides is 1. The number of fused-ring (bicyclic) bond motifs is 5. The Hall–Kier alpha value is -4.51. The lowest BCUT2D eigenvalue weighted by Gasteiger charge is -2.34. The summed E-state index contributed by atoms with van der Waals surface area (Å²) in [5.41, 5.74) is -0.303. The second kappa shape index (κ2) is 17.7. The van der Waals surface area contributed by atoms with Gasteiger partial charge in [0.15, 0.2) is 0 Å². The first-order valence-electron chi connectivity index (χ1n) is 23.5. The van der Waals surface area contributed by atoms with Crippen molar-refractivity contribution in [2.24, 2.45) is 17.8 Å². The maximum absolute atomic E-state index is 15.7. The van der Waals surface area contributed by atoms with Gasteiger partial charge in [-0.05, 0) is 102 Å². The number of carbonyl (C=O) groups excluding carboxylic acids is 4. The Morgan fingerprint density at radius 1 is 1.00 bits per heavy atom. The Morgan fingerprint density at radius 2 is 1.73 bits per heavy atom. The second-order valence-electron chi connectivity index (χ2n) is 19.9. The Kier molecular flexibility index (Phi) is 12.4. The molecule has 1 aromatic heterocycles. The predicted octanol–water partition coefficient (Wildman–Crippen LogP) is 5.24. The van der Waals surface area contributed by atoms with Gasteiger partial charge < -0.3 is 34.6 Å². The van der Waals surface area contributed by atoms with Crippen LogP contribution >= 0.6 is 0 Å². The minimum atomic E-state index is -4.03. The number of halogens is 1. The van der Waals surface area contributed by atoms with Crippen molar-refractivity contribution in [3.05, 3.63) is 42.5 Å². The summed E-state index contributed by atoms with van der Waals surface area (Å²) in [7, 11) is -2.13. The molecule has 1 aromatic carbocycles. The van der Waals surface area contributed by atoms with Gasteiger partial charge in [-0.2, -0.15) is 0 Å². The number of carbonyl (C=O) groups is 4. The van der Waals surface area contributed by atoms with E-state index in [4.69, 9.17) is 19.2 Å². The van der Waals surface area contributed by atoms with Gasteiger partial charge in [0.25, 0.3) is 5.91 Å². The molecule has 2 aromatic rings. The molecule has 7 aliphatic rings. The molecule has 9 unspecified atom stereocenters. The molecule has 3 N–H and O–H groups in total. The summed E-state index contributed by atoms with van der Waals surface area (Å²) < 4.78 is 62.7. The van der Waals surface area contributed by atoms with Crippen LogP contribution in [-0.2, 0) is 35.6 Å². The zero-order chi connectivity index (χ0) is 45.0. The van der Waals surface area contributed by atoms with E-state index in [-0.39, 0.29) is 49.8 Å². The lowest BCUT2D eigenvalue weighted by atomic mass is 9.83. The van der Waals surface area contributed by atoms with Crippen molar-refractivity contribution < 1.29 is 46.2 Å². The van der Waals surface area contributed by atoms with Crippen LogP contribution in [-0.4, -0.2) is 121 Å². The van der Waals surface area contributed by atoms with Crippen LogP contribution in [0.1, 0.15) is 109 Å². The average Bonchev–Trinajstić information content (AvgIpc) is 4.23. The topological polar surface area (TPSA) is 186 Å². The Labute approximate surface area is 375 Å². The van der Waals surface area contributed by atoms with Crippen molar-refractivity contribution in [2.75, 3.05) is 26.7 Å². The Balaban J connectivity index is 1.07. The van der Waals surface area contributed by atoms with Crippen LogP contribution in [0.15, 0.2) is 36.9 Å². The second-order valence-corrected chi connectivity index (χ2v) is 22.1. The van der Waals surface area contributed by atoms with Gasteiger partial charge in [0, 0.05) is 30.8 Å². The number of benzene rings is 1. The molecule has 0 spiro atoms. The molecule has 64 heavy (non-hydrogen) atoms. The first-order chi connectivity index (χ1) is 30.7. The SMILES string of the molecule is C=CC1CC1(NC(=O)C1CC2CN1C(=O)C(C1CCCCC1)NC(=O)OC1CC1CCCCCc1c(nc3ccccc3c1OC1CCN(C)CC1F)O2)C(=O)NS(=O)(=O)C1(C)CC1. The normalized spacial score (nSPS) is 33.5. The summed E-state index contributed by atoms with van der Waals surface area (Å²) in [5, 5.41) is 6.56. The molecule has 4 aliphatic carbocycles. The summed E-state index contributed by atoms with van der Waals surface area (Å²) in [5.74, 6) is -1.69. The number of alkyl carbamates (subject to hydrolysis) is 1. The molecule has 17 heteroatoms. The fourth-order valence-electron chi connectivity index (χ4n) is 10.5. The van der Waals surface area contributed by atoms with Crippen LogP contribution in [0, 0.1) is 17.8 Å². The van der Waals surface area contributed by atoms with Crippen molar-refractivity contribution in [3.8, 4) is 11.6 Å². The fourth-order valence-corrected chi connectivity index (χ4v) is 11.8. The number of aromatic nitrogens is 1.